The van der Waals surface area contributed by atoms with Crippen molar-refractivity contribution in [1.29, 1.82) is 0 Å². The molecule has 0 radical (unpaired) electrons. The Morgan fingerprint density at radius 2 is 2.15 bits per heavy atom. The fraction of sp³-hybridized carbons (Fsp3) is 0.714. The zero-order chi connectivity index (χ0) is 10.3. The first-order valence-corrected chi connectivity index (χ1v) is 4.92. The fourth-order valence-electron chi connectivity index (χ4n) is 0.661. The van der Waals surface area contributed by atoms with E-state index in [4.69, 9.17) is 11.6 Å². The summed E-state index contributed by atoms with van der Waals surface area (Å²) < 4.78 is 0. The SMILES string of the molecule is CN(C)C(=O)CCCSC(N)=NN. The summed E-state index contributed by atoms with van der Waals surface area (Å²) in [6.45, 7) is 0. The van der Waals surface area contributed by atoms with Crippen LogP contribution >= 0.6 is 11.8 Å². The highest BCUT2D eigenvalue weighted by molar-refractivity contribution is 8.13. The third kappa shape index (κ3) is 6.27. The number of hydrogen-bond acceptors (Lipinski definition) is 4. The highest BCUT2D eigenvalue weighted by atomic mass is 32.2. The lowest BCUT2D eigenvalue weighted by molar-refractivity contribution is -0.128. The average Bonchev–Trinajstić information content (AvgIpc) is 2.11. The molecular formula is C7H16N4OS. The number of amidine groups is 1. The molecule has 76 valence electrons. The van der Waals surface area contributed by atoms with Gasteiger partial charge in [-0.05, 0) is 6.42 Å². The smallest absolute Gasteiger partial charge is 0.222 e. The summed E-state index contributed by atoms with van der Waals surface area (Å²) in [5, 5.41) is 3.66. The van der Waals surface area contributed by atoms with E-state index in [-0.39, 0.29) is 5.91 Å². The van der Waals surface area contributed by atoms with Crippen LogP contribution in [0.4, 0.5) is 0 Å². The van der Waals surface area contributed by atoms with Gasteiger partial charge in [-0.2, -0.15) is 5.10 Å². The molecular weight excluding hydrogens is 188 g/mol. The first-order valence-electron chi connectivity index (χ1n) is 3.94. The summed E-state index contributed by atoms with van der Waals surface area (Å²) in [5.41, 5.74) is 5.34. The maximum absolute atomic E-state index is 11.1. The highest BCUT2D eigenvalue weighted by Gasteiger charge is 2.03. The average molecular weight is 204 g/mol. The van der Waals surface area contributed by atoms with Gasteiger partial charge in [-0.1, -0.05) is 11.8 Å². The molecule has 0 spiro atoms. The Morgan fingerprint density at radius 1 is 1.54 bits per heavy atom. The van der Waals surface area contributed by atoms with Crippen LogP contribution in [-0.4, -0.2) is 35.8 Å². The molecule has 0 fully saturated rings. The Labute approximate surface area is 82.5 Å². The van der Waals surface area contributed by atoms with E-state index >= 15 is 0 Å². The highest BCUT2D eigenvalue weighted by Crippen LogP contribution is 2.04. The summed E-state index contributed by atoms with van der Waals surface area (Å²) >= 11 is 1.36. The van der Waals surface area contributed by atoms with E-state index in [1.54, 1.807) is 19.0 Å². The van der Waals surface area contributed by atoms with Crippen LogP contribution in [0.2, 0.25) is 0 Å². The monoisotopic (exact) mass is 204 g/mol. The molecule has 0 aromatic heterocycles. The lowest BCUT2D eigenvalue weighted by Gasteiger charge is -2.09. The van der Waals surface area contributed by atoms with Gasteiger partial charge in [0.05, 0.1) is 0 Å². The van der Waals surface area contributed by atoms with Crippen molar-refractivity contribution in [3.63, 3.8) is 0 Å². The molecule has 0 saturated carbocycles. The van der Waals surface area contributed by atoms with Crippen LogP contribution in [0.5, 0.6) is 0 Å². The van der Waals surface area contributed by atoms with Crippen molar-refractivity contribution in [2.45, 2.75) is 12.8 Å². The van der Waals surface area contributed by atoms with E-state index in [1.807, 2.05) is 0 Å². The number of hydrazone groups is 1. The van der Waals surface area contributed by atoms with Crippen LogP contribution < -0.4 is 11.6 Å². The predicted molar refractivity (Wildman–Crippen MR) is 56.2 cm³/mol. The maximum atomic E-state index is 11.1. The molecule has 0 heterocycles. The zero-order valence-corrected chi connectivity index (χ0v) is 8.80. The van der Waals surface area contributed by atoms with E-state index in [0.717, 1.165) is 12.2 Å². The topological polar surface area (TPSA) is 84.7 Å². The van der Waals surface area contributed by atoms with Crippen molar-refractivity contribution in [2.24, 2.45) is 16.7 Å². The summed E-state index contributed by atoms with van der Waals surface area (Å²) in [7, 11) is 3.48. The first kappa shape index (κ1) is 12.1. The molecule has 13 heavy (non-hydrogen) atoms. The van der Waals surface area contributed by atoms with Gasteiger partial charge < -0.3 is 16.5 Å². The number of hydrogen-bond donors (Lipinski definition) is 2. The van der Waals surface area contributed by atoms with Crippen LogP contribution in [-0.2, 0) is 4.79 Å². The van der Waals surface area contributed by atoms with E-state index in [9.17, 15) is 4.79 Å². The second-order valence-electron chi connectivity index (χ2n) is 2.71. The molecule has 0 saturated heterocycles. The van der Waals surface area contributed by atoms with Gasteiger partial charge in [0.25, 0.3) is 0 Å². The van der Waals surface area contributed by atoms with Gasteiger partial charge in [0.1, 0.15) is 0 Å². The minimum Gasteiger partial charge on any atom is -0.377 e. The number of carbonyl (C=O) groups excluding carboxylic acids is 1. The molecule has 0 aromatic carbocycles. The number of thioether (sulfide) groups is 1. The van der Waals surface area contributed by atoms with Crippen LogP contribution in [0.3, 0.4) is 0 Å². The van der Waals surface area contributed by atoms with Gasteiger partial charge in [0.15, 0.2) is 5.17 Å². The van der Waals surface area contributed by atoms with E-state index in [1.165, 1.54) is 11.8 Å². The fourth-order valence-corrected chi connectivity index (χ4v) is 1.23. The second kappa shape index (κ2) is 6.59. The molecule has 1 amide bonds. The van der Waals surface area contributed by atoms with Gasteiger partial charge in [-0.15, -0.1) is 0 Å². The third-order valence-corrected chi connectivity index (χ3v) is 2.30. The molecule has 0 aromatic rings. The molecule has 6 heteroatoms. The van der Waals surface area contributed by atoms with Crippen molar-refractivity contribution in [1.82, 2.24) is 4.90 Å². The van der Waals surface area contributed by atoms with Gasteiger partial charge in [0, 0.05) is 26.3 Å². The largest absolute Gasteiger partial charge is 0.377 e. The molecule has 5 nitrogen and oxygen atoms in total. The molecule has 0 unspecified atom stereocenters. The molecule has 0 bridgehead atoms. The zero-order valence-electron chi connectivity index (χ0n) is 7.99. The molecule has 4 N–H and O–H groups in total. The number of amides is 1. The van der Waals surface area contributed by atoms with Crippen LogP contribution in [0.15, 0.2) is 5.10 Å². The minimum atomic E-state index is 0.129. The van der Waals surface area contributed by atoms with Crippen molar-refractivity contribution >= 4 is 22.8 Å². The number of carbonyl (C=O) groups is 1. The number of nitrogens with two attached hydrogens (primary N) is 2. The van der Waals surface area contributed by atoms with E-state index in [0.29, 0.717) is 11.6 Å². The second-order valence-corrected chi connectivity index (χ2v) is 3.82. The Kier molecular flexibility index (Phi) is 6.13. The summed E-state index contributed by atoms with van der Waals surface area (Å²) in [4.78, 5) is 12.7. The standard InChI is InChI=1S/C7H16N4OS/c1-11(2)6(12)4-3-5-13-7(8)10-9/h3-5,9H2,1-2H3,(H2,8,10). The van der Waals surface area contributed by atoms with Gasteiger partial charge in [0.2, 0.25) is 5.91 Å². The quantitative estimate of drug-likeness (QED) is 0.218. The van der Waals surface area contributed by atoms with Crippen molar-refractivity contribution in [3.8, 4) is 0 Å². The Hall–Kier alpha value is -0.910. The van der Waals surface area contributed by atoms with Crippen molar-refractivity contribution < 1.29 is 4.79 Å². The minimum absolute atomic E-state index is 0.129. The van der Waals surface area contributed by atoms with E-state index < -0.39 is 0 Å². The van der Waals surface area contributed by atoms with Crippen LogP contribution in [0.25, 0.3) is 0 Å². The van der Waals surface area contributed by atoms with Crippen LogP contribution in [0.1, 0.15) is 12.8 Å². The van der Waals surface area contributed by atoms with Crippen LogP contribution in [0, 0.1) is 0 Å². The Morgan fingerprint density at radius 3 is 2.62 bits per heavy atom. The van der Waals surface area contributed by atoms with Gasteiger partial charge in [-0.25, -0.2) is 0 Å². The van der Waals surface area contributed by atoms with E-state index in [2.05, 4.69) is 5.10 Å². The third-order valence-electron chi connectivity index (χ3n) is 1.41. The summed E-state index contributed by atoms with van der Waals surface area (Å²) in [6, 6.07) is 0. The lowest BCUT2D eigenvalue weighted by Crippen LogP contribution is -2.21. The summed E-state index contributed by atoms with van der Waals surface area (Å²) in [5.74, 6) is 5.83. The Balaban J connectivity index is 3.41. The number of nitrogens with zero attached hydrogens (tertiary/aromatic N) is 2. The van der Waals surface area contributed by atoms with Gasteiger partial charge in [-0.3, -0.25) is 4.79 Å². The van der Waals surface area contributed by atoms with Gasteiger partial charge >= 0.3 is 0 Å². The molecule has 0 aliphatic heterocycles. The normalized spacial score (nSPS) is 11.4. The number of rotatable bonds is 4. The van der Waals surface area contributed by atoms with Crippen molar-refractivity contribution in [2.75, 3.05) is 19.8 Å². The summed E-state index contributed by atoms with van der Waals surface area (Å²) in [6.07, 6.45) is 1.33. The Bertz CT molecular complexity index is 193. The molecule has 0 aliphatic carbocycles. The molecule has 0 rings (SSSR count). The molecule has 0 atom stereocenters. The lowest BCUT2D eigenvalue weighted by atomic mass is 10.3. The maximum Gasteiger partial charge on any atom is 0.222 e. The van der Waals surface area contributed by atoms with Crippen molar-refractivity contribution in [3.05, 3.63) is 0 Å². The first-order chi connectivity index (χ1) is 6.07. The molecule has 0 aliphatic rings. The predicted octanol–water partition coefficient (Wildman–Crippen LogP) is -0.224.